The summed E-state index contributed by atoms with van der Waals surface area (Å²) in [5.41, 5.74) is -0.839. The molecule has 1 aromatic carbocycles. The van der Waals surface area contributed by atoms with Crippen molar-refractivity contribution in [2.45, 2.75) is 25.7 Å². The summed E-state index contributed by atoms with van der Waals surface area (Å²) >= 11 is 5.43. The van der Waals surface area contributed by atoms with Gasteiger partial charge in [0.2, 0.25) is 0 Å². The molecule has 5 heteroatoms. The zero-order valence-electron chi connectivity index (χ0n) is 8.85. The van der Waals surface area contributed by atoms with Gasteiger partial charge in [0.15, 0.2) is 0 Å². The highest BCUT2D eigenvalue weighted by Gasteiger charge is 2.29. The number of carbonyl (C=O) groups is 1. The Hall–Kier alpha value is -1.16. The first-order chi connectivity index (χ1) is 7.25. The Kier molecular flexibility index (Phi) is 3.53. The molecule has 0 aliphatic carbocycles. The molecule has 0 heterocycles. The van der Waals surface area contributed by atoms with Crippen LogP contribution >= 0.6 is 11.6 Å². The molecule has 0 aromatic heterocycles. The number of hydrogen-bond acceptors (Lipinski definition) is 1. The van der Waals surface area contributed by atoms with Gasteiger partial charge in [-0.1, -0.05) is 31.5 Å². The van der Waals surface area contributed by atoms with E-state index in [2.05, 4.69) is 0 Å². The van der Waals surface area contributed by atoms with Crippen molar-refractivity contribution in [3.05, 3.63) is 34.4 Å². The molecule has 0 unspecified atom stereocenters. The normalized spacial score (nSPS) is 11.6. The smallest absolute Gasteiger partial charge is 0.304 e. The van der Waals surface area contributed by atoms with Crippen LogP contribution in [0.2, 0.25) is 5.02 Å². The second-order valence-electron chi connectivity index (χ2n) is 4.18. The first-order valence-corrected chi connectivity index (χ1v) is 4.99. The summed E-state index contributed by atoms with van der Waals surface area (Å²) in [7, 11) is 0. The van der Waals surface area contributed by atoms with E-state index < -0.39 is 28.0 Å². The number of rotatable bonds is 3. The van der Waals surface area contributed by atoms with E-state index in [-0.39, 0.29) is 12.0 Å². The van der Waals surface area contributed by atoms with Crippen LogP contribution in [0.5, 0.6) is 0 Å². The van der Waals surface area contributed by atoms with Crippen LogP contribution in [0.3, 0.4) is 0 Å². The van der Waals surface area contributed by atoms with Crippen molar-refractivity contribution in [3.63, 3.8) is 0 Å². The molecule has 0 radical (unpaired) electrons. The van der Waals surface area contributed by atoms with E-state index in [0.717, 1.165) is 6.07 Å². The van der Waals surface area contributed by atoms with Crippen molar-refractivity contribution in [1.82, 2.24) is 0 Å². The minimum atomic E-state index is -1.05. The quantitative estimate of drug-likeness (QED) is 0.833. The van der Waals surface area contributed by atoms with Crippen LogP contribution < -0.4 is 0 Å². The third-order valence-corrected chi connectivity index (χ3v) is 2.70. The summed E-state index contributed by atoms with van der Waals surface area (Å²) in [6, 6.07) is 2.25. The summed E-state index contributed by atoms with van der Waals surface area (Å²) < 4.78 is 26.6. The molecule has 0 aliphatic rings. The molecule has 0 bridgehead atoms. The van der Waals surface area contributed by atoms with E-state index in [9.17, 15) is 13.6 Å². The number of halogens is 3. The van der Waals surface area contributed by atoms with Crippen LogP contribution in [-0.4, -0.2) is 11.1 Å². The van der Waals surface area contributed by atoms with Crippen molar-refractivity contribution < 1.29 is 18.7 Å². The van der Waals surface area contributed by atoms with E-state index in [1.165, 1.54) is 6.07 Å². The van der Waals surface area contributed by atoms with Crippen molar-refractivity contribution in [2.75, 3.05) is 0 Å². The molecule has 0 saturated carbocycles. The van der Waals surface area contributed by atoms with Gasteiger partial charge in [-0.2, -0.15) is 0 Å². The zero-order valence-corrected chi connectivity index (χ0v) is 9.61. The van der Waals surface area contributed by atoms with E-state index in [4.69, 9.17) is 16.7 Å². The van der Waals surface area contributed by atoms with Gasteiger partial charge in [-0.3, -0.25) is 4.79 Å². The molecular formula is C11H11ClF2O2. The first-order valence-electron chi connectivity index (χ1n) is 4.61. The van der Waals surface area contributed by atoms with Crippen molar-refractivity contribution in [1.29, 1.82) is 0 Å². The minimum Gasteiger partial charge on any atom is -0.481 e. The van der Waals surface area contributed by atoms with E-state index in [0.29, 0.717) is 0 Å². The Morgan fingerprint density at radius 2 is 2.00 bits per heavy atom. The fourth-order valence-electron chi connectivity index (χ4n) is 1.52. The Balaban J connectivity index is 3.23. The highest BCUT2D eigenvalue weighted by atomic mass is 35.5. The molecular weight excluding hydrogens is 238 g/mol. The predicted octanol–water partition coefficient (Wildman–Crippen LogP) is 3.37. The molecule has 1 aromatic rings. The number of benzene rings is 1. The fourth-order valence-corrected chi connectivity index (χ4v) is 1.69. The topological polar surface area (TPSA) is 37.3 Å². The Labute approximate surface area is 96.8 Å². The predicted molar refractivity (Wildman–Crippen MR) is 56.6 cm³/mol. The first kappa shape index (κ1) is 12.9. The van der Waals surface area contributed by atoms with Crippen LogP contribution in [-0.2, 0) is 10.2 Å². The SMILES string of the molecule is CC(C)(CC(=O)O)c1ccc(F)c(Cl)c1F. The van der Waals surface area contributed by atoms with Crippen LogP contribution in [0.4, 0.5) is 8.78 Å². The van der Waals surface area contributed by atoms with Gasteiger partial charge in [-0.05, 0) is 11.6 Å². The van der Waals surface area contributed by atoms with Crippen LogP contribution in [0.15, 0.2) is 12.1 Å². The third kappa shape index (κ3) is 2.50. The summed E-state index contributed by atoms with van der Waals surface area (Å²) in [5, 5.41) is 8.09. The lowest BCUT2D eigenvalue weighted by Gasteiger charge is -2.24. The second-order valence-corrected chi connectivity index (χ2v) is 4.56. The van der Waals surface area contributed by atoms with Crippen molar-refractivity contribution >= 4 is 17.6 Å². The highest BCUT2D eigenvalue weighted by Crippen LogP contribution is 2.33. The summed E-state index contributed by atoms with van der Waals surface area (Å²) in [6.45, 7) is 3.13. The number of carboxylic acids is 1. The van der Waals surface area contributed by atoms with E-state index in [1.807, 2.05) is 0 Å². The van der Waals surface area contributed by atoms with Crippen molar-refractivity contribution in [2.24, 2.45) is 0 Å². The molecule has 1 rings (SSSR count). The molecule has 0 saturated heterocycles. The Bertz CT molecular complexity index is 430. The van der Waals surface area contributed by atoms with Gasteiger partial charge in [0, 0.05) is 5.41 Å². The van der Waals surface area contributed by atoms with Gasteiger partial charge in [0.1, 0.15) is 16.7 Å². The monoisotopic (exact) mass is 248 g/mol. The number of carboxylic acid groups (broad SMARTS) is 1. The van der Waals surface area contributed by atoms with Crippen molar-refractivity contribution in [3.8, 4) is 0 Å². The Morgan fingerprint density at radius 3 is 2.50 bits per heavy atom. The van der Waals surface area contributed by atoms with E-state index >= 15 is 0 Å². The second kappa shape index (κ2) is 4.37. The fraction of sp³-hybridized carbons (Fsp3) is 0.364. The molecule has 1 N–H and O–H groups in total. The number of aliphatic carboxylic acids is 1. The standard InChI is InChI=1S/C11H11ClF2O2/c1-11(2,5-8(15)16)6-3-4-7(13)9(12)10(6)14/h3-4H,5H2,1-2H3,(H,15,16). The van der Waals surface area contributed by atoms with Crippen LogP contribution in [0.1, 0.15) is 25.8 Å². The van der Waals surface area contributed by atoms with E-state index in [1.54, 1.807) is 13.8 Å². The summed E-state index contributed by atoms with van der Waals surface area (Å²) in [6.07, 6.45) is -0.258. The van der Waals surface area contributed by atoms with Gasteiger partial charge in [-0.25, -0.2) is 8.78 Å². The molecule has 0 fully saturated rings. The molecule has 0 atom stereocenters. The molecule has 0 amide bonds. The minimum absolute atomic E-state index is 0.0984. The molecule has 2 nitrogen and oxygen atoms in total. The lowest BCUT2D eigenvalue weighted by atomic mass is 9.81. The van der Waals surface area contributed by atoms with Crippen LogP contribution in [0, 0.1) is 11.6 Å². The maximum absolute atomic E-state index is 13.6. The zero-order chi connectivity index (χ0) is 12.5. The maximum atomic E-state index is 13.6. The van der Waals surface area contributed by atoms with Gasteiger partial charge < -0.3 is 5.11 Å². The van der Waals surface area contributed by atoms with Crippen LogP contribution in [0.25, 0.3) is 0 Å². The maximum Gasteiger partial charge on any atom is 0.304 e. The van der Waals surface area contributed by atoms with Gasteiger partial charge in [-0.15, -0.1) is 0 Å². The lowest BCUT2D eigenvalue weighted by Crippen LogP contribution is -2.23. The molecule has 0 aliphatic heterocycles. The molecule has 0 spiro atoms. The molecule has 16 heavy (non-hydrogen) atoms. The largest absolute Gasteiger partial charge is 0.481 e. The summed E-state index contributed by atoms with van der Waals surface area (Å²) in [5.74, 6) is -2.80. The van der Waals surface area contributed by atoms with Gasteiger partial charge in [0.05, 0.1) is 6.42 Å². The lowest BCUT2D eigenvalue weighted by molar-refractivity contribution is -0.138. The average Bonchev–Trinajstić information content (AvgIpc) is 2.11. The molecule has 88 valence electrons. The highest BCUT2D eigenvalue weighted by molar-refractivity contribution is 6.31. The average molecular weight is 249 g/mol. The third-order valence-electron chi connectivity index (χ3n) is 2.36. The number of hydrogen-bond donors (Lipinski definition) is 1. The Morgan fingerprint density at radius 1 is 1.44 bits per heavy atom. The van der Waals surface area contributed by atoms with Gasteiger partial charge in [0.25, 0.3) is 0 Å². The van der Waals surface area contributed by atoms with Gasteiger partial charge >= 0.3 is 5.97 Å². The summed E-state index contributed by atoms with van der Waals surface area (Å²) in [4.78, 5) is 10.6.